The van der Waals surface area contributed by atoms with E-state index in [1.807, 2.05) is 67.6 Å². The van der Waals surface area contributed by atoms with Gasteiger partial charge in [0, 0.05) is 11.6 Å². The summed E-state index contributed by atoms with van der Waals surface area (Å²) in [6.45, 7) is 2.83. The molecule has 4 heteroatoms. The van der Waals surface area contributed by atoms with Gasteiger partial charge < -0.3 is 14.2 Å². The molecule has 0 saturated heterocycles. The largest absolute Gasteiger partial charge is 0.493 e. The Kier molecular flexibility index (Phi) is 5.52. The number of allylic oxidation sites excluding steroid dienone is 1. The molecule has 0 aliphatic heterocycles. The van der Waals surface area contributed by atoms with Crippen molar-refractivity contribution in [1.29, 1.82) is 0 Å². The van der Waals surface area contributed by atoms with Crippen LogP contribution in [-0.4, -0.2) is 25.3 Å². The van der Waals surface area contributed by atoms with Gasteiger partial charge in [0.25, 0.3) is 0 Å². The van der Waals surface area contributed by atoms with Gasteiger partial charge in [-0.3, -0.25) is 4.98 Å². The summed E-state index contributed by atoms with van der Waals surface area (Å²) in [7, 11) is 1.64. The zero-order valence-electron chi connectivity index (χ0n) is 14.4. The highest BCUT2D eigenvalue weighted by molar-refractivity contribution is 5.84. The Balaban J connectivity index is 1.61. The third-order valence-corrected chi connectivity index (χ3v) is 3.74. The monoisotopic (exact) mass is 335 g/mol. The van der Waals surface area contributed by atoms with Crippen LogP contribution in [0.15, 0.2) is 60.8 Å². The molecule has 25 heavy (non-hydrogen) atoms. The fourth-order valence-electron chi connectivity index (χ4n) is 2.60. The first-order valence-electron chi connectivity index (χ1n) is 8.22. The molecule has 0 saturated carbocycles. The minimum Gasteiger partial charge on any atom is -0.493 e. The van der Waals surface area contributed by atoms with Gasteiger partial charge in [-0.05, 0) is 36.8 Å². The van der Waals surface area contributed by atoms with Gasteiger partial charge in [-0.15, -0.1) is 0 Å². The van der Waals surface area contributed by atoms with Crippen LogP contribution in [0.25, 0.3) is 17.0 Å². The van der Waals surface area contributed by atoms with Crippen LogP contribution < -0.4 is 14.2 Å². The molecule has 2 aromatic carbocycles. The van der Waals surface area contributed by atoms with Crippen LogP contribution >= 0.6 is 0 Å². The minimum absolute atomic E-state index is 0.419. The van der Waals surface area contributed by atoms with E-state index in [0.29, 0.717) is 24.7 Å². The van der Waals surface area contributed by atoms with E-state index in [1.165, 1.54) is 0 Å². The Morgan fingerprint density at radius 3 is 2.52 bits per heavy atom. The molecule has 0 N–H and O–H groups in total. The predicted octanol–water partition coefficient (Wildman–Crippen LogP) is 4.73. The molecule has 0 aliphatic rings. The minimum atomic E-state index is 0.419. The Labute approximate surface area is 147 Å². The Morgan fingerprint density at radius 1 is 0.920 bits per heavy atom. The number of hydrogen-bond acceptors (Lipinski definition) is 4. The van der Waals surface area contributed by atoms with Crippen LogP contribution in [0.1, 0.15) is 12.5 Å². The highest BCUT2D eigenvalue weighted by Gasteiger charge is 2.06. The van der Waals surface area contributed by atoms with E-state index in [0.717, 1.165) is 22.2 Å². The second-order valence-electron chi connectivity index (χ2n) is 5.44. The Morgan fingerprint density at radius 2 is 1.72 bits per heavy atom. The van der Waals surface area contributed by atoms with Crippen LogP contribution in [0.5, 0.6) is 17.2 Å². The lowest BCUT2D eigenvalue weighted by Gasteiger charge is -2.12. The summed E-state index contributed by atoms with van der Waals surface area (Å²) in [6.07, 6.45) is 5.77. The quantitative estimate of drug-likeness (QED) is 0.585. The molecule has 0 bridgehead atoms. The van der Waals surface area contributed by atoms with E-state index < -0.39 is 0 Å². The van der Waals surface area contributed by atoms with Crippen molar-refractivity contribution >= 4 is 17.0 Å². The van der Waals surface area contributed by atoms with E-state index in [9.17, 15) is 0 Å². The zero-order valence-corrected chi connectivity index (χ0v) is 14.4. The Hall–Kier alpha value is -3.01. The van der Waals surface area contributed by atoms with Crippen molar-refractivity contribution in [3.63, 3.8) is 0 Å². The maximum absolute atomic E-state index is 5.84. The summed E-state index contributed by atoms with van der Waals surface area (Å²) in [6, 6.07) is 15.7. The van der Waals surface area contributed by atoms with E-state index in [-0.39, 0.29) is 0 Å². The maximum atomic E-state index is 5.84. The van der Waals surface area contributed by atoms with Crippen LogP contribution in [0, 0.1) is 0 Å². The van der Waals surface area contributed by atoms with Crippen molar-refractivity contribution in [2.45, 2.75) is 6.92 Å². The summed E-state index contributed by atoms with van der Waals surface area (Å²) >= 11 is 0. The molecule has 0 aliphatic carbocycles. The van der Waals surface area contributed by atoms with E-state index in [4.69, 9.17) is 14.2 Å². The normalized spacial score (nSPS) is 11.0. The second-order valence-corrected chi connectivity index (χ2v) is 5.44. The lowest BCUT2D eigenvalue weighted by molar-refractivity contribution is 0.212. The summed E-state index contributed by atoms with van der Waals surface area (Å²) in [5, 5.41) is 1.06. The number of methoxy groups -OCH3 is 1. The first-order chi connectivity index (χ1) is 12.3. The molecule has 3 rings (SSSR count). The standard InChI is InChI=1S/C21H21NO3/c1-3-6-16-10-11-18(20(15-16)23-2)24-13-14-25-19-9-4-7-17-8-5-12-22-21(17)19/h3-12,15H,13-14H2,1-2H3. The molecular weight excluding hydrogens is 314 g/mol. The molecule has 1 aromatic heterocycles. The van der Waals surface area contributed by atoms with Crippen molar-refractivity contribution in [3.8, 4) is 17.2 Å². The van der Waals surface area contributed by atoms with E-state index in [2.05, 4.69) is 4.98 Å². The van der Waals surface area contributed by atoms with Crippen LogP contribution in [0.4, 0.5) is 0 Å². The Bertz CT molecular complexity index is 869. The molecule has 4 nitrogen and oxygen atoms in total. The van der Waals surface area contributed by atoms with Crippen molar-refractivity contribution in [3.05, 3.63) is 66.4 Å². The van der Waals surface area contributed by atoms with Crippen molar-refractivity contribution in [1.82, 2.24) is 4.98 Å². The number of fused-ring (bicyclic) bond motifs is 1. The zero-order chi connectivity index (χ0) is 17.5. The van der Waals surface area contributed by atoms with Crippen molar-refractivity contribution < 1.29 is 14.2 Å². The number of para-hydroxylation sites is 1. The van der Waals surface area contributed by atoms with Crippen molar-refractivity contribution in [2.24, 2.45) is 0 Å². The summed E-state index contributed by atoms with van der Waals surface area (Å²) in [5.74, 6) is 2.18. The lowest BCUT2D eigenvalue weighted by atomic mass is 10.2. The fraction of sp³-hybridized carbons (Fsp3) is 0.190. The molecule has 0 atom stereocenters. The number of aromatic nitrogens is 1. The van der Waals surface area contributed by atoms with Crippen LogP contribution in [0.3, 0.4) is 0 Å². The van der Waals surface area contributed by atoms with Gasteiger partial charge in [-0.1, -0.05) is 36.4 Å². The van der Waals surface area contributed by atoms with Gasteiger partial charge in [0.15, 0.2) is 11.5 Å². The molecular formula is C21H21NO3. The fourth-order valence-corrected chi connectivity index (χ4v) is 2.60. The molecule has 3 aromatic rings. The highest BCUT2D eigenvalue weighted by atomic mass is 16.5. The van der Waals surface area contributed by atoms with Crippen LogP contribution in [0.2, 0.25) is 0 Å². The van der Waals surface area contributed by atoms with E-state index in [1.54, 1.807) is 13.3 Å². The number of ether oxygens (including phenoxy) is 3. The third kappa shape index (κ3) is 4.10. The van der Waals surface area contributed by atoms with Gasteiger partial charge in [-0.25, -0.2) is 0 Å². The van der Waals surface area contributed by atoms with Crippen molar-refractivity contribution in [2.75, 3.05) is 20.3 Å². The van der Waals surface area contributed by atoms with Gasteiger partial charge in [0.2, 0.25) is 0 Å². The first-order valence-corrected chi connectivity index (χ1v) is 8.22. The number of benzene rings is 2. The van der Waals surface area contributed by atoms with Gasteiger partial charge in [0.1, 0.15) is 24.5 Å². The summed E-state index contributed by atoms with van der Waals surface area (Å²) in [4.78, 5) is 4.38. The molecule has 0 spiro atoms. The highest BCUT2D eigenvalue weighted by Crippen LogP contribution is 2.28. The number of nitrogens with zero attached hydrogens (tertiary/aromatic N) is 1. The maximum Gasteiger partial charge on any atom is 0.161 e. The van der Waals surface area contributed by atoms with E-state index >= 15 is 0 Å². The molecule has 0 unspecified atom stereocenters. The van der Waals surface area contributed by atoms with Gasteiger partial charge in [0.05, 0.1) is 7.11 Å². The second kappa shape index (κ2) is 8.20. The van der Waals surface area contributed by atoms with Crippen LogP contribution in [-0.2, 0) is 0 Å². The molecule has 0 radical (unpaired) electrons. The molecule has 0 amide bonds. The molecule has 128 valence electrons. The average molecular weight is 335 g/mol. The molecule has 1 heterocycles. The molecule has 0 fully saturated rings. The predicted molar refractivity (Wildman–Crippen MR) is 100 cm³/mol. The van der Waals surface area contributed by atoms with Gasteiger partial charge >= 0.3 is 0 Å². The average Bonchev–Trinajstić information content (AvgIpc) is 2.66. The van der Waals surface area contributed by atoms with Gasteiger partial charge in [-0.2, -0.15) is 0 Å². The SMILES string of the molecule is CC=Cc1ccc(OCCOc2cccc3cccnc23)c(OC)c1. The number of hydrogen-bond donors (Lipinski definition) is 0. The lowest BCUT2D eigenvalue weighted by Crippen LogP contribution is -2.10. The number of pyridine rings is 1. The first kappa shape index (κ1) is 16.8. The number of rotatable bonds is 7. The summed E-state index contributed by atoms with van der Waals surface area (Å²) < 4.78 is 17.0. The topological polar surface area (TPSA) is 40.6 Å². The third-order valence-electron chi connectivity index (χ3n) is 3.74. The smallest absolute Gasteiger partial charge is 0.161 e. The summed E-state index contributed by atoms with van der Waals surface area (Å²) in [5.41, 5.74) is 1.93.